The molecule has 2 rings (SSSR count). The van der Waals surface area contributed by atoms with Crippen LogP contribution in [0.25, 0.3) is 0 Å². The Morgan fingerprint density at radius 2 is 2.00 bits per heavy atom. The number of aryl methyl sites for hydroxylation is 1. The smallest absolute Gasteiger partial charge is 0.283 e. The summed E-state index contributed by atoms with van der Waals surface area (Å²) in [7, 11) is 0. The van der Waals surface area contributed by atoms with Crippen LogP contribution in [0.3, 0.4) is 0 Å². The summed E-state index contributed by atoms with van der Waals surface area (Å²) in [5.74, 6) is 0.774. The summed E-state index contributed by atoms with van der Waals surface area (Å²) in [6.07, 6.45) is 0. The predicted octanol–water partition coefficient (Wildman–Crippen LogP) is 5.14. The van der Waals surface area contributed by atoms with Crippen LogP contribution >= 0.6 is 31.9 Å². The SMILES string of the molecule is Cc1ccc(OCc2cccc([N+](=O)[O-])c2Br)c(CBr)c1. The standard InChI is InChI=1S/C15H13Br2NO3/c1-10-5-6-14(12(7-10)8-16)21-9-11-3-2-4-13(15(11)17)18(19)20/h2-7H,8-9H2,1H3. The number of hydrogen-bond acceptors (Lipinski definition) is 3. The van der Waals surface area contributed by atoms with Crippen molar-refractivity contribution in [3.8, 4) is 5.75 Å². The zero-order chi connectivity index (χ0) is 15.4. The lowest BCUT2D eigenvalue weighted by atomic mass is 10.1. The lowest BCUT2D eigenvalue weighted by Gasteiger charge is -2.12. The Morgan fingerprint density at radius 1 is 1.24 bits per heavy atom. The van der Waals surface area contributed by atoms with E-state index in [9.17, 15) is 10.1 Å². The van der Waals surface area contributed by atoms with E-state index in [1.807, 2.05) is 25.1 Å². The van der Waals surface area contributed by atoms with Gasteiger partial charge in [0.2, 0.25) is 0 Å². The highest BCUT2D eigenvalue weighted by Crippen LogP contribution is 2.30. The minimum Gasteiger partial charge on any atom is -0.489 e. The summed E-state index contributed by atoms with van der Waals surface area (Å²) >= 11 is 6.71. The maximum Gasteiger partial charge on any atom is 0.283 e. The van der Waals surface area contributed by atoms with E-state index in [-0.39, 0.29) is 12.3 Å². The van der Waals surface area contributed by atoms with Gasteiger partial charge in [-0.1, -0.05) is 45.8 Å². The molecule has 0 N–H and O–H groups in total. The van der Waals surface area contributed by atoms with Crippen LogP contribution in [0.5, 0.6) is 5.75 Å². The van der Waals surface area contributed by atoms with Crippen LogP contribution in [0.2, 0.25) is 0 Å². The Balaban J connectivity index is 2.21. The second-order valence-electron chi connectivity index (χ2n) is 4.54. The Bertz CT molecular complexity index is 674. The second kappa shape index (κ2) is 7.04. The van der Waals surface area contributed by atoms with Crippen molar-refractivity contribution >= 4 is 37.5 Å². The summed E-state index contributed by atoms with van der Waals surface area (Å²) in [6, 6.07) is 10.9. The van der Waals surface area contributed by atoms with Crippen LogP contribution < -0.4 is 4.74 Å². The van der Waals surface area contributed by atoms with Crippen molar-refractivity contribution in [3.05, 3.63) is 67.7 Å². The van der Waals surface area contributed by atoms with E-state index >= 15 is 0 Å². The first kappa shape index (κ1) is 16.0. The fourth-order valence-electron chi connectivity index (χ4n) is 1.93. The van der Waals surface area contributed by atoms with E-state index in [0.717, 1.165) is 22.4 Å². The van der Waals surface area contributed by atoms with Crippen molar-refractivity contribution in [2.45, 2.75) is 18.9 Å². The molecule has 110 valence electrons. The number of nitrogens with zero attached hydrogens (tertiary/aromatic N) is 1. The third-order valence-electron chi connectivity index (χ3n) is 3.00. The molecule has 0 radical (unpaired) electrons. The van der Waals surface area contributed by atoms with Gasteiger partial charge in [-0.15, -0.1) is 0 Å². The average Bonchev–Trinajstić information content (AvgIpc) is 2.46. The molecule has 0 aliphatic rings. The summed E-state index contributed by atoms with van der Waals surface area (Å²) < 4.78 is 6.26. The molecule has 21 heavy (non-hydrogen) atoms. The molecule has 0 aliphatic carbocycles. The van der Waals surface area contributed by atoms with E-state index in [4.69, 9.17) is 4.74 Å². The molecule has 0 bridgehead atoms. The lowest BCUT2D eigenvalue weighted by Crippen LogP contribution is -2.00. The van der Waals surface area contributed by atoms with E-state index in [1.165, 1.54) is 6.07 Å². The fourth-order valence-corrected chi connectivity index (χ4v) is 2.89. The Kier molecular flexibility index (Phi) is 5.36. The third kappa shape index (κ3) is 3.83. The van der Waals surface area contributed by atoms with Crippen LogP contribution in [0.4, 0.5) is 5.69 Å². The van der Waals surface area contributed by atoms with Gasteiger partial charge < -0.3 is 4.74 Å². The molecule has 6 heteroatoms. The number of rotatable bonds is 5. The molecular weight excluding hydrogens is 402 g/mol. The van der Waals surface area contributed by atoms with Gasteiger partial charge in [0.25, 0.3) is 5.69 Å². The minimum absolute atomic E-state index is 0.0423. The maximum absolute atomic E-state index is 10.9. The van der Waals surface area contributed by atoms with Crippen molar-refractivity contribution in [2.24, 2.45) is 0 Å². The monoisotopic (exact) mass is 413 g/mol. The van der Waals surface area contributed by atoms with Gasteiger partial charge in [-0.3, -0.25) is 10.1 Å². The van der Waals surface area contributed by atoms with Crippen molar-refractivity contribution in [3.63, 3.8) is 0 Å². The Labute approximate surface area is 139 Å². The number of alkyl halides is 1. The molecule has 0 atom stereocenters. The first-order valence-corrected chi connectivity index (χ1v) is 8.14. The highest BCUT2D eigenvalue weighted by atomic mass is 79.9. The van der Waals surface area contributed by atoms with Gasteiger partial charge in [-0.2, -0.15) is 0 Å². The van der Waals surface area contributed by atoms with Crippen LogP contribution in [-0.2, 0) is 11.9 Å². The molecule has 0 saturated carbocycles. The molecule has 0 aliphatic heterocycles. The number of ether oxygens (including phenoxy) is 1. The summed E-state index contributed by atoms with van der Waals surface area (Å²) in [5, 5.41) is 11.6. The lowest BCUT2D eigenvalue weighted by molar-refractivity contribution is -0.385. The summed E-state index contributed by atoms with van der Waals surface area (Å²) in [6.45, 7) is 2.29. The van der Waals surface area contributed by atoms with Gasteiger partial charge in [0.1, 0.15) is 16.8 Å². The largest absolute Gasteiger partial charge is 0.489 e. The molecule has 2 aromatic carbocycles. The van der Waals surface area contributed by atoms with Crippen molar-refractivity contribution < 1.29 is 9.66 Å². The van der Waals surface area contributed by atoms with Crippen LogP contribution in [0.1, 0.15) is 16.7 Å². The molecule has 0 aromatic heterocycles. The van der Waals surface area contributed by atoms with Crippen LogP contribution in [0, 0.1) is 17.0 Å². The molecular formula is C15H13Br2NO3. The second-order valence-corrected chi connectivity index (χ2v) is 5.89. The fraction of sp³-hybridized carbons (Fsp3) is 0.200. The van der Waals surface area contributed by atoms with Crippen LogP contribution in [0.15, 0.2) is 40.9 Å². The topological polar surface area (TPSA) is 52.4 Å². The minimum atomic E-state index is -0.413. The highest BCUT2D eigenvalue weighted by Gasteiger charge is 2.15. The Hall–Kier alpha value is -1.40. The maximum atomic E-state index is 10.9. The van der Waals surface area contributed by atoms with E-state index in [1.54, 1.807) is 12.1 Å². The molecule has 0 amide bonds. The van der Waals surface area contributed by atoms with Crippen molar-refractivity contribution in [1.29, 1.82) is 0 Å². The normalized spacial score (nSPS) is 10.4. The highest BCUT2D eigenvalue weighted by molar-refractivity contribution is 9.10. The zero-order valence-corrected chi connectivity index (χ0v) is 14.5. The molecule has 0 spiro atoms. The molecule has 0 fully saturated rings. The summed E-state index contributed by atoms with van der Waals surface area (Å²) in [4.78, 5) is 10.5. The number of halogens is 2. The average molecular weight is 415 g/mol. The molecule has 0 heterocycles. The van der Waals surface area contributed by atoms with E-state index in [2.05, 4.69) is 31.9 Å². The number of benzene rings is 2. The van der Waals surface area contributed by atoms with Gasteiger partial charge in [0.05, 0.1) is 4.92 Å². The third-order valence-corrected chi connectivity index (χ3v) is 4.52. The number of nitro groups is 1. The van der Waals surface area contributed by atoms with Crippen LogP contribution in [-0.4, -0.2) is 4.92 Å². The first-order valence-electron chi connectivity index (χ1n) is 6.23. The van der Waals surface area contributed by atoms with Crippen molar-refractivity contribution in [2.75, 3.05) is 0 Å². The predicted molar refractivity (Wildman–Crippen MR) is 88.9 cm³/mol. The van der Waals surface area contributed by atoms with Gasteiger partial charge in [-0.25, -0.2) is 0 Å². The number of nitro benzene ring substituents is 1. The van der Waals surface area contributed by atoms with E-state index < -0.39 is 4.92 Å². The van der Waals surface area contributed by atoms with Gasteiger partial charge >= 0.3 is 0 Å². The van der Waals surface area contributed by atoms with Gasteiger partial charge in [-0.05, 0) is 28.9 Å². The van der Waals surface area contributed by atoms with Gasteiger partial charge in [0.15, 0.2) is 0 Å². The van der Waals surface area contributed by atoms with Gasteiger partial charge in [0, 0.05) is 22.5 Å². The molecule has 2 aromatic rings. The number of hydrogen-bond donors (Lipinski definition) is 0. The molecule has 4 nitrogen and oxygen atoms in total. The molecule has 0 saturated heterocycles. The first-order chi connectivity index (χ1) is 10.0. The zero-order valence-electron chi connectivity index (χ0n) is 11.3. The van der Waals surface area contributed by atoms with Crippen molar-refractivity contribution in [1.82, 2.24) is 0 Å². The summed E-state index contributed by atoms with van der Waals surface area (Å²) in [5.41, 5.74) is 3.00. The Morgan fingerprint density at radius 3 is 2.67 bits per heavy atom. The quantitative estimate of drug-likeness (QED) is 0.386. The molecule has 0 unspecified atom stereocenters. The van der Waals surface area contributed by atoms with E-state index in [0.29, 0.717) is 9.80 Å².